The molecule has 0 bridgehead atoms. The number of likely N-dealkylation sites (tertiary alicyclic amines) is 1. The highest BCUT2D eigenvalue weighted by atomic mass is 32.1. The second-order valence-electron chi connectivity index (χ2n) is 8.01. The van der Waals surface area contributed by atoms with Gasteiger partial charge in [0.1, 0.15) is 5.75 Å². The van der Waals surface area contributed by atoms with Crippen LogP contribution in [0.3, 0.4) is 0 Å². The maximum absolute atomic E-state index is 12.5. The second-order valence-corrected chi connectivity index (χ2v) is 9.04. The van der Waals surface area contributed by atoms with Crippen molar-refractivity contribution in [2.45, 2.75) is 32.2 Å². The van der Waals surface area contributed by atoms with E-state index in [2.05, 4.69) is 56.7 Å². The van der Waals surface area contributed by atoms with Gasteiger partial charge in [0.2, 0.25) is 5.95 Å². The van der Waals surface area contributed by atoms with Gasteiger partial charge in [-0.25, -0.2) is 9.97 Å². The first-order chi connectivity index (χ1) is 15.3. The van der Waals surface area contributed by atoms with E-state index in [1.807, 2.05) is 0 Å². The van der Waals surface area contributed by atoms with Crippen LogP contribution in [-0.4, -0.2) is 45.9 Å². The van der Waals surface area contributed by atoms with Crippen LogP contribution in [0, 0.1) is 0 Å². The lowest BCUT2D eigenvalue weighted by atomic mass is 10.1. The first-order valence-electron chi connectivity index (χ1n) is 10.4. The first kappa shape index (κ1) is 21.0. The van der Waals surface area contributed by atoms with Gasteiger partial charge in [-0.3, -0.25) is 0 Å². The number of nitrogens with one attached hydrogen (secondary N) is 1. The molecule has 0 spiro atoms. The fraction of sp³-hybridized carbons (Fsp3) is 0.364. The average Bonchev–Trinajstić information content (AvgIpc) is 3.41. The zero-order valence-corrected chi connectivity index (χ0v) is 18.4. The minimum atomic E-state index is -4.73. The summed E-state index contributed by atoms with van der Waals surface area (Å²) in [5.41, 5.74) is 3.80. The van der Waals surface area contributed by atoms with Gasteiger partial charge in [0.15, 0.2) is 5.13 Å². The van der Waals surface area contributed by atoms with Gasteiger partial charge in [0.05, 0.1) is 27.3 Å². The quantitative estimate of drug-likeness (QED) is 0.412. The molecule has 32 heavy (non-hydrogen) atoms. The Balaban J connectivity index is 1.52. The molecule has 1 atom stereocenters. The second kappa shape index (κ2) is 7.93. The molecule has 0 aliphatic carbocycles. The molecule has 0 saturated carbocycles. The third-order valence-electron chi connectivity index (χ3n) is 5.71. The lowest BCUT2D eigenvalue weighted by molar-refractivity contribution is -0.274. The van der Waals surface area contributed by atoms with E-state index in [1.54, 1.807) is 0 Å². The van der Waals surface area contributed by atoms with Crippen LogP contribution in [0.2, 0.25) is 0 Å². The maximum atomic E-state index is 12.5. The lowest BCUT2D eigenvalue weighted by Crippen LogP contribution is -2.17. The minimum absolute atomic E-state index is 0.256. The van der Waals surface area contributed by atoms with Crippen LogP contribution in [0.15, 0.2) is 36.4 Å². The Hall–Kier alpha value is -2.85. The molecule has 1 saturated heterocycles. The molecule has 5 rings (SSSR count). The Morgan fingerprint density at radius 3 is 2.72 bits per heavy atom. The van der Waals surface area contributed by atoms with Crippen molar-refractivity contribution in [3.05, 3.63) is 42.0 Å². The Kier molecular flexibility index (Phi) is 5.21. The van der Waals surface area contributed by atoms with Gasteiger partial charge in [0.25, 0.3) is 0 Å². The van der Waals surface area contributed by atoms with E-state index in [-0.39, 0.29) is 11.8 Å². The summed E-state index contributed by atoms with van der Waals surface area (Å²) in [6.45, 7) is 4.05. The molecule has 1 aliphatic rings. The summed E-state index contributed by atoms with van der Waals surface area (Å²) in [4.78, 5) is 11.7. The predicted octanol–water partition coefficient (Wildman–Crippen LogP) is 5.73. The maximum Gasteiger partial charge on any atom is 0.573 e. The van der Waals surface area contributed by atoms with E-state index in [9.17, 15) is 13.2 Å². The lowest BCUT2D eigenvalue weighted by Gasteiger charge is -2.17. The van der Waals surface area contributed by atoms with E-state index in [0.717, 1.165) is 37.0 Å². The molecule has 168 valence electrons. The number of fused-ring (bicyclic) bond motifs is 2. The van der Waals surface area contributed by atoms with Crippen LogP contribution in [0.5, 0.6) is 5.75 Å². The summed E-state index contributed by atoms with van der Waals surface area (Å²) >= 11 is 1.27. The number of thiazole rings is 1. The SMILES string of the molecule is CCc1ccc2c(c1)nc(Nc1nc3ccc(OC(F)(F)F)cc3s1)n2C1CCN(C)C1. The van der Waals surface area contributed by atoms with Crippen molar-refractivity contribution in [2.24, 2.45) is 0 Å². The Morgan fingerprint density at radius 2 is 2.00 bits per heavy atom. The Morgan fingerprint density at radius 1 is 1.16 bits per heavy atom. The number of benzene rings is 2. The van der Waals surface area contributed by atoms with Gasteiger partial charge in [-0.1, -0.05) is 24.3 Å². The Labute approximate surface area is 186 Å². The van der Waals surface area contributed by atoms with E-state index >= 15 is 0 Å². The topological polar surface area (TPSA) is 55.2 Å². The molecule has 1 N–H and O–H groups in total. The van der Waals surface area contributed by atoms with Crippen LogP contribution in [0.1, 0.15) is 24.9 Å². The van der Waals surface area contributed by atoms with Gasteiger partial charge >= 0.3 is 6.36 Å². The third-order valence-corrected chi connectivity index (χ3v) is 6.64. The van der Waals surface area contributed by atoms with Gasteiger partial charge in [-0.2, -0.15) is 0 Å². The van der Waals surface area contributed by atoms with Crippen molar-refractivity contribution in [3.63, 3.8) is 0 Å². The van der Waals surface area contributed by atoms with Crippen molar-refractivity contribution in [3.8, 4) is 5.75 Å². The number of halogens is 3. The molecule has 1 aliphatic heterocycles. The number of ether oxygens (including phenoxy) is 1. The van der Waals surface area contributed by atoms with Crippen molar-refractivity contribution in [1.29, 1.82) is 0 Å². The predicted molar refractivity (Wildman–Crippen MR) is 120 cm³/mol. The summed E-state index contributed by atoms with van der Waals surface area (Å²) in [5.74, 6) is 0.438. The zero-order valence-electron chi connectivity index (χ0n) is 17.6. The van der Waals surface area contributed by atoms with Gasteiger partial charge < -0.3 is 19.5 Å². The molecule has 3 heterocycles. The third kappa shape index (κ3) is 4.12. The van der Waals surface area contributed by atoms with Crippen molar-refractivity contribution < 1.29 is 17.9 Å². The number of aromatic nitrogens is 3. The highest BCUT2D eigenvalue weighted by molar-refractivity contribution is 7.22. The fourth-order valence-electron chi connectivity index (χ4n) is 4.20. The minimum Gasteiger partial charge on any atom is -0.406 e. The molecule has 0 radical (unpaired) electrons. The van der Waals surface area contributed by atoms with Gasteiger partial charge in [-0.15, -0.1) is 13.2 Å². The number of nitrogens with zero attached hydrogens (tertiary/aromatic N) is 4. The summed E-state index contributed by atoms with van der Waals surface area (Å²) < 4.78 is 44.5. The average molecular weight is 462 g/mol. The molecule has 2 aromatic carbocycles. The van der Waals surface area contributed by atoms with Crippen LogP contribution in [0.4, 0.5) is 24.3 Å². The van der Waals surface area contributed by atoms with E-state index in [1.165, 1.54) is 35.1 Å². The summed E-state index contributed by atoms with van der Waals surface area (Å²) in [6, 6.07) is 10.8. The Bertz CT molecular complexity index is 1280. The summed E-state index contributed by atoms with van der Waals surface area (Å²) in [6.07, 6.45) is -2.78. The van der Waals surface area contributed by atoms with Crippen LogP contribution in [-0.2, 0) is 6.42 Å². The van der Waals surface area contributed by atoms with Crippen molar-refractivity contribution in [2.75, 3.05) is 25.5 Å². The highest BCUT2D eigenvalue weighted by Crippen LogP contribution is 2.35. The smallest absolute Gasteiger partial charge is 0.406 e. The van der Waals surface area contributed by atoms with Crippen molar-refractivity contribution in [1.82, 2.24) is 19.4 Å². The molecular weight excluding hydrogens is 439 g/mol. The molecule has 10 heteroatoms. The van der Waals surface area contributed by atoms with Crippen LogP contribution >= 0.6 is 11.3 Å². The number of imidazole rings is 1. The monoisotopic (exact) mass is 461 g/mol. The summed E-state index contributed by atoms with van der Waals surface area (Å²) in [5, 5.41) is 3.90. The molecule has 0 amide bonds. The van der Waals surface area contributed by atoms with Crippen LogP contribution in [0.25, 0.3) is 21.3 Å². The van der Waals surface area contributed by atoms with Gasteiger partial charge in [0, 0.05) is 12.6 Å². The number of hydrogen-bond acceptors (Lipinski definition) is 6. The molecule has 2 aromatic heterocycles. The fourth-order valence-corrected chi connectivity index (χ4v) is 5.08. The molecule has 4 aromatic rings. The largest absolute Gasteiger partial charge is 0.573 e. The molecule has 1 fully saturated rings. The van der Waals surface area contributed by atoms with Crippen LogP contribution < -0.4 is 10.1 Å². The van der Waals surface area contributed by atoms with E-state index < -0.39 is 6.36 Å². The number of alkyl halides is 3. The normalized spacial score (nSPS) is 17.5. The van der Waals surface area contributed by atoms with Gasteiger partial charge in [-0.05, 0) is 56.3 Å². The molecule has 6 nitrogen and oxygen atoms in total. The number of anilines is 2. The van der Waals surface area contributed by atoms with Crippen molar-refractivity contribution >= 4 is 43.7 Å². The molecular formula is C22H22F3N5OS. The van der Waals surface area contributed by atoms with E-state index in [0.29, 0.717) is 21.3 Å². The number of likely N-dealkylation sites (N-methyl/N-ethyl adjacent to an activating group) is 1. The zero-order chi connectivity index (χ0) is 22.5. The highest BCUT2D eigenvalue weighted by Gasteiger charge is 2.31. The number of hydrogen-bond donors (Lipinski definition) is 1. The van der Waals surface area contributed by atoms with E-state index in [4.69, 9.17) is 4.98 Å². The number of aryl methyl sites for hydroxylation is 1. The number of rotatable bonds is 5. The standard InChI is InChI=1S/C22H22F3N5OS/c1-3-13-4-7-18-17(10-13)26-20(30(18)14-8-9-29(2)12-14)28-21-27-16-6-5-15(11-19(16)32-21)31-22(23,24)25/h4-7,10-11,14H,3,8-9,12H2,1-2H3,(H,26,27,28). The molecule has 1 unspecified atom stereocenters. The summed E-state index contributed by atoms with van der Waals surface area (Å²) in [7, 11) is 2.11. The first-order valence-corrected chi connectivity index (χ1v) is 11.2.